The van der Waals surface area contributed by atoms with E-state index in [0.29, 0.717) is 6.04 Å². The molecule has 2 aliphatic heterocycles. The Morgan fingerprint density at radius 3 is 3.06 bits per heavy atom. The largest absolute Gasteiger partial charge is 0.375 e. The lowest BCUT2D eigenvalue weighted by molar-refractivity contribution is -0.0696. The third kappa shape index (κ3) is 2.08. The number of ether oxygens (including phenoxy) is 1. The summed E-state index contributed by atoms with van der Waals surface area (Å²) in [6.07, 6.45) is 3.30. The van der Waals surface area contributed by atoms with Gasteiger partial charge in [0.25, 0.3) is 0 Å². The number of fused-ring (bicyclic) bond motifs is 1. The van der Waals surface area contributed by atoms with Crippen molar-refractivity contribution in [3.63, 3.8) is 0 Å². The Morgan fingerprint density at radius 2 is 2.28 bits per heavy atom. The van der Waals surface area contributed by atoms with Gasteiger partial charge in [0.1, 0.15) is 5.82 Å². The van der Waals surface area contributed by atoms with Crippen molar-refractivity contribution < 1.29 is 4.74 Å². The van der Waals surface area contributed by atoms with E-state index < -0.39 is 0 Å². The minimum Gasteiger partial charge on any atom is -0.375 e. The molecule has 1 saturated heterocycles. The van der Waals surface area contributed by atoms with Crippen LogP contribution < -0.4 is 5.32 Å². The first kappa shape index (κ1) is 12.2. The molecule has 0 amide bonds. The smallest absolute Gasteiger partial charge is 0.106 e. The molecule has 1 fully saturated rings. The zero-order valence-electron chi connectivity index (χ0n) is 11.6. The summed E-state index contributed by atoms with van der Waals surface area (Å²) in [7, 11) is 0. The summed E-state index contributed by atoms with van der Waals surface area (Å²) in [5.41, 5.74) is 2.70. The van der Waals surface area contributed by atoms with E-state index in [1.807, 2.05) is 0 Å². The average Bonchev–Trinajstić information content (AvgIpc) is 2.63. The van der Waals surface area contributed by atoms with E-state index in [4.69, 9.17) is 9.72 Å². The fourth-order valence-electron chi connectivity index (χ4n) is 3.37. The number of hydrogen-bond acceptors (Lipinski definition) is 3. The number of aryl methyl sites for hydroxylation is 1. The molecule has 1 atom stereocenters. The molecule has 1 aromatic heterocycles. The van der Waals surface area contributed by atoms with Gasteiger partial charge in [-0.2, -0.15) is 0 Å². The molecule has 1 unspecified atom stereocenters. The maximum Gasteiger partial charge on any atom is 0.106 e. The second kappa shape index (κ2) is 4.35. The molecule has 0 aromatic carbocycles. The monoisotopic (exact) mass is 249 g/mol. The van der Waals surface area contributed by atoms with Crippen LogP contribution in [0, 0.1) is 6.92 Å². The second-order valence-electron chi connectivity index (χ2n) is 6.10. The van der Waals surface area contributed by atoms with Crippen molar-refractivity contribution in [1.82, 2.24) is 14.9 Å². The lowest BCUT2D eigenvalue weighted by atomic mass is 9.93. The van der Waals surface area contributed by atoms with Crippen LogP contribution in [0.5, 0.6) is 0 Å². The predicted octanol–water partition coefficient (Wildman–Crippen LogP) is 1.97. The molecule has 0 bridgehead atoms. The predicted molar refractivity (Wildman–Crippen MR) is 70.7 cm³/mol. The first-order valence-corrected chi connectivity index (χ1v) is 6.98. The van der Waals surface area contributed by atoms with Crippen molar-refractivity contribution in [1.29, 1.82) is 0 Å². The van der Waals surface area contributed by atoms with Gasteiger partial charge in [0, 0.05) is 37.9 Å². The summed E-state index contributed by atoms with van der Waals surface area (Å²) >= 11 is 0. The highest BCUT2D eigenvalue weighted by Crippen LogP contribution is 2.34. The van der Waals surface area contributed by atoms with Gasteiger partial charge in [0.05, 0.1) is 11.3 Å². The van der Waals surface area contributed by atoms with Crippen molar-refractivity contribution in [3.05, 3.63) is 17.2 Å². The Labute approximate surface area is 109 Å². The number of nitrogens with one attached hydrogen (secondary N) is 1. The fraction of sp³-hybridized carbons (Fsp3) is 0.786. The Morgan fingerprint density at radius 1 is 1.44 bits per heavy atom. The Bertz CT molecular complexity index is 450. The molecular formula is C14H23N3O. The lowest BCUT2D eigenvalue weighted by Gasteiger charge is -2.37. The molecule has 100 valence electrons. The SMILES string of the molecule is Cc1nc2c(n1C1CCOC(C)(C)C1)CCNC2. The Balaban J connectivity index is 1.94. The van der Waals surface area contributed by atoms with Crippen LogP contribution in [-0.4, -0.2) is 28.3 Å². The van der Waals surface area contributed by atoms with Gasteiger partial charge in [-0.1, -0.05) is 0 Å². The average molecular weight is 249 g/mol. The van der Waals surface area contributed by atoms with E-state index in [9.17, 15) is 0 Å². The molecule has 2 aliphatic rings. The Kier molecular flexibility index (Phi) is 2.94. The minimum absolute atomic E-state index is 0.000569. The highest BCUT2D eigenvalue weighted by molar-refractivity contribution is 5.21. The van der Waals surface area contributed by atoms with E-state index >= 15 is 0 Å². The van der Waals surface area contributed by atoms with Crippen LogP contribution in [0.25, 0.3) is 0 Å². The first-order chi connectivity index (χ1) is 8.57. The van der Waals surface area contributed by atoms with Crippen molar-refractivity contribution in [2.24, 2.45) is 0 Å². The van der Waals surface area contributed by atoms with E-state index in [1.165, 1.54) is 17.2 Å². The normalized spacial score (nSPS) is 26.9. The summed E-state index contributed by atoms with van der Waals surface area (Å²) < 4.78 is 8.32. The zero-order valence-corrected chi connectivity index (χ0v) is 11.6. The van der Waals surface area contributed by atoms with Gasteiger partial charge < -0.3 is 14.6 Å². The molecular weight excluding hydrogens is 226 g/mol. The van der Waals surface area contributed by atoms with E-state index in [1.54, 1.807) is 0 Å². The lowest BCUT2D eigenvalue weighted by Crippen LogP contribution is -2.36. The molecule has 18 heavy (non-hydrogen) atoms. The van der Waals surface area contributed by atoms with E-state index in [2.05, 4.69) is 30.7 Å². The molecule has 0 aliphatic carbocycles. The second-order valence-corrected chi connectivity index (χ2v) is 6.10. The van der Waals surface area contributed by atoms with Gasteiger partial charge in [0.15, 0.2) is 0 Å². The maximum atomic E-state index is 5.83. The number of imidazole rings is 1. The van der Waals surface area contributed by atoms with E-state index in [0.717, 1.165) is 39.0 Å². The molecule has 0 spiro atoms. The van der Waals surface area contributed by atoms with Crippen LogP contribution in [-0.2, 0) is 17.7 Å². The van der Waals surface area contributed by atoms with Crippen LogP contribution in [0.3, 0.4) is 0 Å². The van der Waals surface area contributed by atoms with Crippen molar-refractivity contribution in [2.75, 3.05) is 13.2 Å². The minimum atomic E-state index is -0.000569. The maximum absolute atomic E-state index is 5.83. The summed E-state index contributed by atoms with van der Waals surface area (Å²) in [6, 6.07) is 0.558. The van der Waals surface area contributed by atoms with Crippen LogP contribution in [0.2, 0.25) is 0 Å². The third-order valence-corrected chi connectivity index (χ3v) is 4.14. The standard InChI is InChI=1S/C14H23N3O/c1-10-16-12-9-15-6-4-13(12)17(10)11-5-7-18-14(2,3)8-11/h11,15H,4-9H2,1-3H3. The van der Waals surface area contributed by atoms with Gasteiger partial charge in [-0.15, -0.1) is 0 Å². The molecule has 3 rings (SSSR count). The van der Waals surface area contributed by atoms with Crippen LogP contribution in [0.1, 0.15) is 49.9 Å². The molecule has 3 heterocycles. The van der Waals surface area contributed by atoms with Gasteiger partial charge >= 0.3 is 0 Å². The summed E-state index contributed by atoms with van der Waals surface area (Å²) in [4.78, 5) is 4.73. The van der Waals surface area contributed by atoms with E-state index in [-0.39, 0.29) is 5.60 Å². The topological polar surface area (TPSA) is 39.1 Å². The highest BCUT2D eigenvalue weighted by atomic mass is 16.5. The zero-order chi connectivity index (χ0) is 12.8. The number of rotatable bonds is 1. The fourth-order valence-corrected chi connectivity index (χ4v) is 3.37. The quantitative estimate of drug-likeness (QED) is 0.827. The van der Waals surface area contributed by atoms with Gasteiger partial charge in [-0.25, -0.2) is 4.98 Å². The highest BCUT2D eigenvalue weighted by Gasteiger charge is 2.32. The van der Waals surface area contributed by atoms with Crippen LogP contribution in [0.4, 0.5) is 0 Å². The number of hydrogen-bond donors (Lipinski definition) is 1. The molecule has 4 nitrogen and oxygen atoms in total. The summed E-state index contributed by atoms with van der Waals surface area (Å²) in [5.74, 6) is 1.17. The first-order valence-electron chi connectivity index (χ1n) is 6.98. The molecule has 0 saturated carbocycles. The van der Waals surface area contributed by atoms with Crippen molar-refractivity contribution in [2.45, 2.75) is 58.2 Å². The summed E-state index contributed by atoms with van der Waals surface area (Å²) in [5, 5.41) is 3.40. The molecule has 1 N–H and O–H groups in total. The van der Waals surface area contributed by atoms with Gasteiger partial charge in [-0.3, -0.25) is 0 Å². The Hall–Kier alpha value is -0.870. The molecule has 4 heteroatoms. The van der Waals surface area contributed by atoms with Gasteiger partial charge in [-0.05, 0) is 33.6 Å². The van der Waals surface area contributed by atoms with Crippen LogP contribution in [0.15, 0.2) is 0 Å². The number of aromatic nitrogens is 2. The van der Waals surface area contributed by atoms with Gasteiger partial charge in [0.2, 0.25) is 0 Å². The van der Waals surface area contributed by atoms with Crippen molar-refractivity contribution in [3.8, 4) is 0 Å². The summed E-state index contributed by atoms with van der Waals surface area (Å²) in [6.45, 7) is 9.39. The molecule has 0 radical (unpaired) electrons. The van der Waals surface area contributed by atoms with Crippen molar-refractivity contribution >= 4 is 0 Å². The number of nitrogens with zero attached hydrogens (tertiary/aromatic N) is 2. The van der Waals surface area contributed by atoms with Crippen LogP contribution >= 0.6 is 0 Å². The third-order valence-electron chi connectivity index (χ3n) is 4.14. The molecule has 1 aromatic rings.